The van der Waals surface area contributed by atoms with E-state index < -0.39 is 4.92 Å². The molecular weight excluding hydrogens is 260 g/mol. The summed E-state index contributed by atoms with van der Waals surface area (Å²) in [5.74, 6) is 0.420. The Labute approximate surface area is 119 Å². The summed E-state index contributed by atoms with van der Waals surface area (Å²) in [5.41, 5.74) is 0.280. The SMILES string of the molecule is CCn1nc(C)c([N+](=O)[O-])c1NC(CCO)C(C)(C)C. The van der Waals surface area contributed by atoms with Gasteiger partial charge in [-0.2, -0.15) is 5.10 Å². The van der Waals surface area contributed by atoms with E-state index in [-0.39, 0.29) is 23.8 Å². The quantitative estimate of drug-likeness (QED) is 0.617. The van der Waals surface area contributed by atoms with E-state index in [1.165, 1.54) is 0 Å². The Bertz CT molecular complexity index is 477. The fourth-order valence-electron chi connectivity index (χ4n) is 2.18. The summed E-state index contributed by atoms with van der Waals surface area (Å²) in [6.45, 7) is 10.2. The van der Waals surface area contributed by atoms with Crippen LogP contribution in [0.2, 0.25) is 0 Å². The maximum atomic E-state index is 11.2. The lowest BCUT2D eigenvalue weighted by Gasteiger charge is -2.31. The minimum absolute atomic E-state index is 0.0130. The normalized spacial score (nSPS) is 13.3. The third-order valence-electron chi connectivity index (χ3n) is 3.35. The van der Waals surface area contributed by atoms with Gasteiger partial charge in [-0.3, -0.25) is 10.1 Å². The molecule has 1 rings (SSSR count). The van der Waals surface area contributed by atoms with Crippen LogP contribution in [0.25, 0.3) is 0 Å². The number of aliphatic hydroxyl groups is 1. The molecule has 0 aliphatic heterocycles. The molecule has 0 saturated heterocycles. The Kier molecular flexibility index (Phi) is 5.10. The van der Waals surface area contributed by atoms with Gasteiger partial charge in [0.2, 0.25) is 5.82 Å². The fourth-order valence-corrected chi connectivity index (χ4v) is 2.18. The van der Waals surface area contributed by atoms with E-state index in [0.717, 1.165) is 0 Å². The molecule has 0 spiro atoms. The molecule has 0 saturated carbocycles. The number of aryl methyl sites for hydroxylation is 2. The molecule has 1 aromatic rings. The minimum atomic E-state index is -0.407. The third-order valence-corrected chi connectivity index (χ3v) is 3.35. The number of nitrogens with zero attached hydrogens (tertiary/aromatic N) is 3. The van der Waals surface area contributed by atoms with Crippen molar-refractivity contribution in [1.82, 2.24) is 9.78 Å². The third kappa shape index (κ3) is 3.47. The number of nitro groups is 1. The molecule has 2 N–H and O–H groups in total. The van der Waals surface area contributed by atoms with Gasteiger partial charge in [0.05, 0.1) is 4.92 Å². The van der Waals surface area contributed by atoms with Crippen molar-refractivity contribution in [2.24, 2.45) is 5.41 Å². The monoisotopic (exact) mass is 284 g/mol. The van der Waals surface area contributed by atoms with Crippen molar-refractivity contribution in [2.75, 3.05) is 11.9 Å². The average Bonchev–Trinajstić information content (AvgIpc) is 2.63. The van der Waals surface area contributed by atoms with Gasteiger partial charge in [0.1, 0.15) is 5.69 Å². The Morgan fingerprint density at radius 1 is 1.50 bits per heavy atom. The van der Waals surface area contributed by atoms with Gasteiger partial charge >= 0.3 is 5.69 Å². The largest absolute Gasteiger partial charge is 0.396 e. The Balaban J connectivity index is 3.20. The van der Waals surface area contributed by atoms with Gasteiger partial charge in [0.15, 0.2) is 0 Å². The van der Waals surface area contributed by atoms with Crippen LogP contribution in [0.15, 0.2) is 0 Å². The smallest absolute Gasteiger partial charge is 0.333 e. The van der Waals surface area contributed by atoms with Crippen LogP contribution in [0.1, 0.15) is 39.8 Å². The number of hydrogen-bond donors (Lipinski definition) is 2. The van der Waals surface area contributed by atoms with E-state index in [1.54, 1.807) is 11.6 Å². The Morgan fingerprint density at radius 2 is 2.10 bits per heavy atom. The first-order chi connectivity index (χ1) is 9.22. The molecule has 114 valence electrons. The highest BCUT2D eigenvalue weighted by molar-refractivity contribution is 5.60. The molecule has 0 aliphatic rings. The molecule has 0 fully saturated rings. The van der Waals surface area contributed by atoms with Gasteiger partial charge in [0, 0.05) is 19.2 Å². The molecule has 0 radical (unpaired) electrons. The van der Waals surface area contributed by atoms with Crippen LogP contribution in [0, 0.1) is 22.5 Å². The van der Waals surface area contributed by atoms with Crippen molar-refractivity contribution in [3.05, 3.63) is 15.8 Å². The van der Waals surface area contributed by atoms with Crippen molar-refractivity contribution in [3.63, 3.8) is 0 Å². The average molecular weight is 284 g/mol. The lowest BCUT2D eigenvalue weighted by atomic mass is 9.85. The van der Waals surface area contributed by atoms with Crippen LogP contribution >= 0.6 is 0 Å². The Morgan fingerprint density at radius 3 is 2.50 bits per heavy atom. The van der Waals surface area contributed by atoms with Crippen molar-refractivity contribution >= 4 is 11.5 Å². The van der Waals surface area contributed by atoms with Gasteiger partial charge in [-0.05, 0) is 25.7 Å². The molecule has 0 amide bonds. The maximum Gasteiger partial charge on any atom is 0.333 e. The highest BCUT2D eigenvalue weighted by Gasteiger charge is 2.31. The molecule has 1 unspecified atom stereocenters. The molecule has 7 heteroatoms. The van der Waals surface area contributed by atoms with Crippen LogP contribution in [-0.4, -0.2) is 32.5 Å². The number of hydrogen-bond acceptors (Lipinski definition) is 5. The topological polar surface area (TPSA) is 93.2 Å². The summed E-state index contributed by atoms with van der Waals surface area (Å²) in [7, 11) is 0. The van der Waals surface area contributed by atoms with Crippen molar-refractivity contribution in [3.8, 4) is 0 Å². The van der Waals surface area contributed by atoms with Crippen molar-refractivity contribution in [1.29, 1.82) is 0 Å². The summed E-state index contributed by atoms with van der Waals surface area (Å²) in [6.07, 6.45) is 0.522. The van der Waals surface area contributed by atoms with Crippen molar-refractivity contribution in [2.45, 2.75) is 53.6 Å². The highest BCUT2D eigenvalue weighted by Crippen LogP contribution is 2.32. The lowest BCUT2D eigenvalue weighted by Crippen LogP contribution is -2.35. The summed E-state index contributed by atoms with van der Waals surface area (Å²) >= 11 is 0. The molecule has 7 nitrogen and oxygen atoms in total. The van der Waals surface area contributed by atoms with E-state index in [4.69, 9.17) is 0 Å². The highest BCUT2D eigenvalue weighted by atomic mass is 16.6. The molecular formula is C13H24N4O3. The second-order valence-electron chi connectivity index (χ2n) is 5.93. The van der Waals surface area contributed by atoms with Crippen LogP contribution in [-0.2, 0) is 6.54 Å². The van der Waals surface area contributed by atoms with E-state index in [0.29, 0.717) is 24.5 Å². The summed E-state index contributed by atoms with van der Waals surface area (Å²) < 4.78 is 1.60. The first kappa shape index (κ1) is 16.4. The zero-order chi connectivity index (χ0) is 15.5. The summed E-state index contributed by atoms with van der Waals surface area (Å²) in [6, 6.07) is -0.0763. The molecule has 0 aromatic carbocycles. The molecule has 0 aliphatic carbocycles. The summed E-state index contributed by atoms with van der Waals surface area (Å²) in [5, 5.41) is 27.8. The van der Waals surface area contributed by atoms with Crippen LogP contribution in [0.3, 0.4) is 0 Å². The van der Waals surface area contributed by atoms with Crippen LogP contribution in [0.4, 0.5) is 11.5 Å². The zero-order valence-corrected chi connectivity index (χ0v) is 12.8. The van der Waals surface area contributed by atoms with E-state index in [2.05, 4.69) is 10.4 Å². The predicted octanol–water partition coefficient (Wildman–Crippen LogP) is 2.33. The standard InChI is InChI=1S/C13H24N4O3/c1-6-16-12(11(17(19)20)9(2)15-16)14-10(7-8-18)13(3,4)5/h10,14,18H,6-8H2,1-5H3. The molecule has 0 bridgehead atoms. The van der Waals surface area contributed by atoms with E-state index in [1.807, 2.05) is 27.7 Å². The fraction of sp³-hybridized carbons (Fsp3) is 0.769. The summed E-state index contributed by atoms with van der Waals surface area (Å²) in [4.78, 5) is 10.8. The zero-order valence-electron chi connectivity index (χ0n) is 12.8. The second-order valence-corrected chi connectivity index (χ2v) is 5.93. The van der Waals surface area contributed by atoms with Crippen molar-refractivity contribution < 1.29 is 10.0 Å². The Hall–Kier alpha value is -1.63. The van der Waals surface area contributed by atoms with E-state index >= 15 is 0 Å². The minimum Gasteiger partial charge on any atom is -0.396 e. The van der Waals surface area contributed by atoms with Gasteiger partial charge < -0.3 is 10.4 Å². The first-order valence-electron chi connectivity index (χ1n) is 6.81. The molecule has 1 heterocycles. The predicted molar refractivity (Wildman–Crippen MR) is 77.9 cm³/mol. The van der Waals surface area contributed by atoms with E-state index in [9.17, 15) is 15.2 Å². The number of aliphatic hydroxyl groups excluding tert-OH is 1. The lowest BCUT2D eigenvalue weighted by molar-refractivity contribution is -0.384. The molecule has 20 heavy (non-hydrogen) atoms. The molecule has 1 atom stereocenters. The van der Waals surface area contributed by atoms with Gasteiger partial charge in [0.25, 0.3) is 0 Å². The number of aromatic nitrogens is 2. The number of rotatable bonds is 6. The first-order valence-corrected chi connectivity index (χ1v) is 6.81. The van der Waals surface area contributed by atoms with Gasteiger partial charge in [-0.1, -0.05) is 20.8 Å². The number of anilines is 1. The second kappa shape index (κ2) is 6.21. The number of nitrogens with one attached hydrogen (secondary N) is 1. The molecule has 1 aromatic heterocycles. The van der Waals surface area contributed by atoms with Gasteiger partial charge in [-0.15, -0.1) is 0 Å². The van der Waals surface area contributed by atoms with Crippen LogP contribution < -0.4 is 5.32 Å². The van der Waals surface area contributed by atoms with Crippen LogP contribution in [0.5, 0.6) is 0 Å². The van der Waals surface area contributed by atoms with Gasteiger partial charge in [-0.25, -0.2) is 4.68 Å². The maximum absolute atomic E-state index is 11.2.